The molecule has 2 saturated carbocycles. The van der Waals surface area contributed by atoms with E-state index in [4.69, 9.17) is 0 Å². The minimum Gasteiger partial charge on any atom is -0.330 e. The van der Waals surface area contributed by atoms with Crippen LogP contribution in [0.25, 0.3) is 0 Å². The molecule has 2 fully saturated rings. The van der Waals surface area contributed by atoms with Gasteiger partial charge >= 0.3 is 6.18 Å². The number of halogens is 3. The van der Waals surface area contributed by atoms with Gasteiger partial charge in [-0.2, -0.15) is 13.2 Å². The van der Waals surface area contributed by atoms with Crippen LogP contribution in [0, 0.1) is 5.92 Å². The molecule has 0 aromatic heterocycles. The van der Waals surface area contributed by atoms with E-state index in [9.17, 15) is 27.6 Å². The zero-order chi connectivity index (χ0) is 21.4. The Kier molecular flexibility index (Phi) is 6.11. The van der Waals surface area contributed by atoms with Gasteiger partial charge in [-0.25, -0.2) is 0 Å². The summed E-state index contributed by atoms with van der Waals surface area (Å²) < 4.78 is 43.4. The molecule has 3 aliphatic rings. The zero-order valence-electron chi connectivity index (χ0n) is 17.0. The average Bonchev–Trinajstić information content (AvgIpc) is 2.90. The number of allylic oxidation sites excluding steroid dienone is 1. The van der Waals surface area contributed by atoms with E-state index in [0.717, 1.165) is 50.3 Å². The van der Waals surface area contributed by atoms with Gasteiger partial charge in [-0.15, -0.1) is 0 Å². The van der Waals surface area contributed by atoms with Crippen LogP contribution in [0.3, 0.4) is 0 Å². The van der Waals surface area contributed by atoms with Gasteiger partial charge in [0.15, 0.2) is 5.78 Å². The summed E-state index contributed by atoms with van der Waals surface area (Å²) in [4.78, 5) is 39.6. The predicted molar refractivity (Wildman–Crippen MR) is 101 cm³/mol. The molecule has 0 saturated heterocycles. The maximum atomic E-state index is 14.5. The molecule has 5 nitrogen and oxygen atoms in total. The Hall–Kier alpha value is -1.86. The number of nitrogens with one attached hydrogen (secondary N) is 1. The third-order valence-corrected chi connectivity index (χ3v) is 6.64. The van der Waals surface area contributed by atoms with Gasteiger partial charge in [0.2, 0.25) is 11.4 Å². The molecule has 0 aromatic carbocycles. The molecular weight excluding hydrogens is 385 g/mol. The molecule has 162 valence electrons. The summed E-state index contributed by atoms with van der Waals surface area (Å²) in [5, 5.41) is 2.05. The molecule has 0 spiro atoms. The minimum atomic E-state index is -5.11. The standard InChI is InChI=1S/C21H29F3N2O3/c1-13-17(14(2)27)20(21(22,23)24,25-18(28)15-9-5-3-6-10-15)19(29)26(13)16-11-7-4-8-12-16/h15-16H,3-12H2,1-2H3,(H,25,28)/t20-/m1/s1. The number of carbonyl (C=O) groups is 3. The number of amides is 2. The Bertz CT molecular complexity index is 719. The Labute approximate surface area is 169 Å². The van der Waals surface area contributed by atoms with Gasteiger partial charge in [-0.05, 0) is 39.5 Å². The number of ketones is 1. The Morgan fingerprint density at radius 3 is 2.00 bits per heavy atom. The number of rotatable bonds is 4. The van der Waals surface area contributed by atoms with E-state index in [-0.39, 0.29) is 11.7 Å². The SMILES string of the molecule is CC(=O)C1=C(C)N(C2CCCCC2)C(=O)[C@@]1(NC(=O)C1CCCCC1)C(F)(F)F. The highest BCUT2D eigenvalue weighted by molar-refractivity contribution is 6.12. The van der Waals surface area contributed by atoms with Crippen LogP contribution in [0.2, 0.25) is 0 Å². The molecule has 29 heavy (non-hydrogen) atoms. The molecule has 0 radical (unpaired) electrons. The molecule has 1 heterocycles. The summed E-state index contributed by atoms with van der Waals surface area (Å²) in [6.45, 7) is 2.42. The maximum Gasteiger partial charge on any atom is 0.425 e. The van der Waals surface area contributed by atoms with Gasteiger partial charge < -0.3 is 10.2 Å². The lowest BCUT2D eigenvalue weighted by Crippen LogP contribution is -2.67. The number of Topliss-reactive ketones (excluding diaryl/α,β-unsaturated/α-hetero) is 1. The molecule has 1 N–H and O–H groups in total. The van der Waals surface area contributed by atoms with E-state index in [1.54, 1.807) is 0 Å². The fourth-order valence-corrected chi connectivity index (χ4v) is 5.23. The minimum absolute atomic E-state index is 0.0238. The largest absolute Gasteiger partial charge is 0.425 e. The average molecular weight is 414 g/mol. The molecule has 0 unspecified atom stereocenters. The highest BCUT2D eigenvalue weighted by Gasteiger charge is 2.70. The summed E-state index contributed by atoms with van der Waals surface area (Å²) >= 11 is 0. The smallest absolute Gasteiger partial charge is 0.330 e. The lowest BCUT2D eigenvalue weighted by atomic mass is 9.84. The van der Waals surface area contributed by atoms with Gasteiger partial charge in [-0.1, -0.05) is 38.5 Å². The second kappa shape index (κ2) is 8.11. The van der Waals surface area contributed by atoms with Crippen LogP contribution in [0.15, 0.2) is 11.3 Å². The van der Waals surface area contributed by atoms with Crippen molar-refractivity contribution in [2.24, 2.45) is 5.92 Å². The predicted octanol–water partition coefficient (Wildman–Crippen LogP) is 4.02. The van der Waals surface area contributed by atoms with E-state index in [2.05, 4.69) is 0 Å². The van der Waals surface area contributed by atoms with Gasteiger partial charge in [0.25, 0.3) is 5.91 Å². The van der Waals surface area contributed by atoms with E-state index in [1.807, 2.05) is 5.32 Å². The van der Waals surface area contributed by atoms with Crippen molar-refractivity contribution in [3.63, 3.8) is 0 Å². The van der Waals surface area contributed by atoms with Crippen LogP contribution < -0.4 is 5.32 Å². The van der Waals surface area contributed by atoms with Crippen LogP contribution in [-0.4, -0.2) is 40.3 Å². The van der Waals surface area contributed by atoms with E-state index >= 15 is 0 Å². The van der Waals surface area contributed by atoms with Crippen molar-refractivity contribution >= 4 is 17.6 Å². The van der Waals surface area contributed by atoms with Crippen molar-refractivity contribution in [2.75, 3.05) is 0 Å². The number of hydrogen-bond donors (Lipinski definition) is 1. The van der Waals surface area contributed by atoms with Crippen LogP contribution in [0.4, 0.5) is 13.2 Å². The summed E-state index contributed by atoms with van der Waals surface area (Å²) in [5.74, 6) is -3.42. The zero-order valence-corrected chi connectivity index (χ0v) is 17.0. The third kappa shape index (κ3) is 3.70. The highest BCUT2D eigenvalue weighted by Crippen LogP contribution is 2.47. The van der Waals surface area contributed by atoms with Gasteiger partial charge in [-0.3, -0.25) is 14.4 Å². The number of nitrogens with zero attached hydrogens (tertiary/aromatic N) is 1. The third-order valence-electron chi connectivity index (χ3n) is 6.64. The molecule has 3 rings (SSSR count). The first kappa shape index (κ1) is 21.8. The first-order valence-corrected chi connectivity index (χ1v) is 10.6. The monoisotopic (exact) mass is 414 g/mol. The molecule has 2 aliphatic carbocycles. The van der Waals surface area contributed by atoms with Crippen LogP contribution in [-0.2, 0) is 14.4 Å². The van der Waals surface area contributed by atoms with Gasteiger partial charge in [0.1, 0.15) is 0 Å². The van der Waals surface area contributed by atoms with Crippen LogP contribution >= 0.6 is 0 Å². The topological polar surface area (TPSA) is 66.5 Å². The molecule has 0 aromatic rings. The number of alkyl halides is 3. The lowest BCUT2D eigenvalue weighted by Gasteiger charge is -2.37. The summed E-state index contributed by atoms with van der Waals surface area (Å²) in [6, 6.07) is -0.374. The lowest BCUT2D eigenvalue weighted by molar-refractivity contribution is -0.196. The van der Waals surface area contributed by atoms with Crippen molar-refractivity contribution in [2.45, 2.75) is 95.8 Å². The molecule has 1 atom stereocenters. The van der Waals surface area contributed by atoms with E-state index in [1.165, 1.54) is 6.92 Å². The second-order valence-corrected chi connectivity index (χ2v) is 8.56. The van der Waals surface area contributed by atoms with Crippen molar-refractivity contribution in [3.8, 4) is 0 Å². The normalized spacial score (nSPS) is 27.5. The first-order chi connectivity index (χ1) is 13.6. The van der Waals surface area contributed by atoms with Crippen molar-refractivity contribution < 1.29 is 27.6 Å². The maximum absolute atomic E-state index is 14.5. The Balaban J connectivity index is 2.04. The van der Waals surface area contributed by atoms with Crippen LogP contribution in [0.1, 0.15) is 78.1 Å². The van der Waals surface area contributed by atoms with Gasteiger partial charge in [0, 0.05) is 17.7 Å². The molecule has 2 amide bonds. The fraction of sp³-hybridized carbons (Fsp3) is 0.762. The highest BCUT2D eigenvalue weighted by atomic mass is 19.4. The summed E-state index contributed by atoms with van der Waals surface area (Å²) in [7, 11) is 0. The Morgan fingerprint density at radius 1 is 1.00 bits per heavy atom. The summed E-state index contributed by atoms with van der Waals surface area (Å²) in [5.41, 5.74) is -3.89. The number of hydrogen-bond acceptors (Lipinski definition) is 3. The molecule has 0 bridgehead atoms. The molecule has 1 aliphatic heterocycles. The second-order valence-electron chi connectivity index (χ2n) is 8.56. The van der Waals surface area contributed by atoms with Crippen molar-refractivity contribution in [1.82, 2.24) is 10.2 Å². The van der Waals surface area contributed by atoms with Gasteiger partial charge in [0.05, 0.1) is 5.57 Å². The summed E-state index contributed by atoms with van der Waals surface area (Å²) in [6.07, 6.45) is 2.19. The first-order valence-electron chi connectivity index (χ1n) is 10.6. The van der Waals surface area contributed by atoms with Crippen molar-refractivity contribution in [3.05, 3.63) is 11.3 Å². The van der Waals surface area contributed by atoms with E-state index in [0.29, 0.717) is 25.7 Å². The van der Waals surface area contributed by atoms with E-state index < -0.39 is 40.8 Å². The number of carbonyl (C=O) groups excluding carboxylic acids is 3. The van der Waals surface area contributed by atoms with Crippen LogP contribution in [0.5, 0.6) is 0 Å². The quantitative estimate of drug-likeness (QED) is 0.756. The fourth-order valence-electron chi connectivity index (χ4n) is 5.23. The molecular formula is C21H29F3N2O3. The molecule has 8 heteroatoms. The Morgan fingerprint density at radius 2 is 1.52 bits per heavy atom. The van der Waals surface area contributed by atoms with Crippen molar-refractivity contribution in [1.29, 1.82) is 0 Å².